The number of aliphatic hydroxyl groups excluding tert-OH is 1. The predicted octanol–water partition coefficient (Wildman–Crippen LogP) is 1.27. The summed E-state index contributed by atoms with van der Waals surface area (Å²) in [6, 6.07) is -0.409. The molecule has 0 spiro atoms. The van der Waals surface area contributed by atoms with Crippen molar-refractivity contribution in [2.75, 3.05) is 6.54 Å². The summed E-state index contributed by atoms with van der Waals surface area (Å²) in [6.07, 6.45) is 1.11. The zero-order valence-corrected chi connectivity index (χ0v) is 13.3. The summed E-state index contributed by atoms with van der Waals surface area (Å²) in [5, 5.41) is 12.8. The van der Waals surface area contributed by atoms with Crippen molar-refractivity contribution in [2.24, 2.45) is 5.92 Å². The maximum atomic E-state index is 12.3. The lowest BCUT2D eigenvalue weighted by Crippen LogP contribution is -2.48. The van der Waals surface area contributed by atoms with Gasteiger partial charge in [-0.1, -0.05) is 13.3 Å². The minimum Gasteiger partial charge on any atom is -0.444 e. The molecule has 0 aromatic heterocycles. The van der Waals surface area contributed by atoms with Crippen LogP contribution in [0, 0.1) is 5.92 Å². The Balaban J connectivity index is 1.96. The molecule has 1 aliphatic heterocycles. The van der Waals surface area contributed by atoms with Gasteiger partial charge in [-0.15, -0.1) is 0 Å². The maximum absolute atomic E-state index is 12.3. The van der Waals surface area contributed by atoms with Crippen LogP contribution in [-0.2, 0) is 9.53 Å². The highest BCUT2D eigenvalue weighted by Crippen LogP contribution is 2.33. The van der Waals surface area contributed by atoms with Crippen LogP contribution >= 0.6 is 0 Å². The molecule has 2 aliphatic rings. The number of carbonyl (C=O) groups excluding carboxylic acids is 2. The molecule has 0 aromatic rings. The number of carbonyl (C=O) groups is 2. The number of hydrogen-bond acceptors (Lipinski definition) is 4. The molecule has 1 saturated heterocycles. The van der Waals surface area contributed by atoms with Crippen LogP contribution in [0.4, 0.5) is 4.79 Å². The molecule has 0 bridgehead atoms. The summed E-state index contributed by atoms with van der Waals surface area (Å²) in [5.41, 5.74) is -0.616. The van der Waals surface area contributed by atoms with E-state index in [2.05, 4.69) is 12.2 Å². The number of β-amino-alcohol motifs (C(OH)–C–C–N with tert-alkyl or cyclic N) is 1. The van der Waals surface area contributed by atoms with Crippen LogP contribution < -0.4 is 5.32 Å². The van der Waals surface area contributed by atoms with E-state index in [1.54, 1.807) is 20.8 Å². The zero-order chi connectivity index (χ0) is 15.8. The van der Waals surface area contributed by atoms with Gasteiger partial charge in [-0.3, -0.25) is 9.69 Å². The van der Waals surface area contributed by atoms with Crippen LogP contribution in [0.15, 0.2) is 0 Å². The summed E-state index contributed by atoms with van der Waals surface area (Å²) in [4.78, 5) is 25.8. The topological polar surface area (TPSA) is 78.9 Å². The third-order valence-corrected chi connectivity index (χ3v) is 3.98. The van der Waals surface area contributed by atoms with Crippen LogP contribution in [0.2, 0.25) is 0 Å². The van der Waals surface area contributed by atoms with Crippen molar-refractivity contribution >= 4 is 12.0 Å². The van der Waals surface area contributed by atoms with Gasteiger partial charge >= 0.3 is 6.09 Å². The average molecular weight is 298 g/mol. The monoisotopic (exact) mass is 298 g/mol. The summed E-state index contributed by atoms with van der Waals surface area (Å²) >= 11 is 0. The smallest absolute Gasteiger partial charge is 0.411 e. The molecule has 0 aromatic carbocycles. The molecule has 6 heteroatoms. The van der Waals surface area contributed by atoms with Gasteiger partial charge in [0.2, 0.25) is 5.91 Å². The first-order valence-electron chi connectivity index (χ1n) is 7.69. The first-order chi connectivity index (χ1) is 9.71. The van der Waals surface area contributed by atoms with Crippen LogP contribution in [0.5, 0.6) is 0 Å². The molecule has 4 atom stereocenters. The fourth-order valence-electron chi connectivity index (χ4n) is 2.74. The van der Waals surface area contributed by atoms with Gasteiger partial charge in [0.25, 0.3) is 0 Å². The summed E-state index contributed by atoms with van der Waals surface area (Å²) in [5.74, 6) is 0.369. The summed E-state index contributed by atoms with van der Waals surface area (Å²) < 4.78 is 5.31. The molecule has 2 fully saturated rings. The van der Waals surface area contributed by atoms with Crippen LogP contribution in [-0.4, -0.2) is 52.3 Å². The van der Waals surface area contributed by atoms with Crippen molar-refractivity contribution in [1.82, 2.24) is 10.2 Å². The molecule has 0 radical (unpaired) electrons. The lowest BCUT2D eigenvalue weighted by Gasteiger charge is -2.27. The Morgan fingerprint density at radius 2 is 2.00 bits per heavy atom. The van der Waals surface area contributed by atoms with Gasteiger partial charge in [-0.25, -0.2) is 4.79 Å². The van der Waals surface area contributed by atoms with Crippen molar-refractivity contribution in [2.45, 2.75) is 70.7 Å². The molecule has 120 valence electrons. The molecule has 2 amide bonds. The number of hydrogen-bond donors (Lipinski definition) is 2. The first-order valence-corrected chi connectivity index (χ1v) is 7.69. The Bertz CT molecular complexity index is 418. The fraction of sp³-hybridized carbons (Fsp3) is 0.867. The highest BCUT2D eigenvalue weighted by atomic mass is 16.6. The van der Waals surface area contributed by atoms with Gasteiger partial charge in [0.15, 0.2) is 0 Å². The average Bonchev–Trinajstić information content (AvgIpc) is 2.97. The quantitative estimate of drug-likeness (QED) is 0.822. The standard InChI is InChI=1S/C15H26N2O4/c1-5-9-6-11(9)16-13(19)12-7-10(18)8-17(12)14(20)21-15(2,3)4/h9-12,18H,5-8H2,1-4H3,(H,16,19)/t9-,10+,11?,12-/m0/s1. The number of ether oxygens (including phenoxy) is 1. The number of nitrogens with zero attached hydrogens (tertiary/aromatic N) is 1. The Labute approximate surface area is 125 Å². The van der Waals surface area contributed by atoms with Crippen molar-refractivity contribution in [3.05, 3.63) is 0 Å². The lowest BCUT2D eigenvalue weighted by atomic mass is 10.2. The second-order valence-electron chi connectivity index (χ2n) is 7.06. The van der Waals surface area contributed by atoms with E-state index >= 15 is 0 Å². The van der Waals surface area contributed by atoms with Crippen molar-refractivity contribution in [3.8, 4) is 0 Å². The molecule has 21 heavy (non-hydrogen) atoms. The molecule has 1 heterocycles. The first kappa shape index (κ1) is 16.1. The minimum atomic E-state index is -0.672. The number of aliphatic hydroxyl groups is 1. The highest BCUT2D eigenvalue weighted by molar-refractivity contribution is 5.86. The highest BCUT2D eigenvalue weighted by Gasteiger charge is 2.44. The van der Waals surface area contributed by atoms with Crippen LogP contribution in [0.3, 0.4) is 0 Å². The van der Waals surface area contributed by atoms with E-state index in [1.165, 1.54) is 4.90 Å². The van der Waals surface area contributed by atoms with Gasteiger partial charge in [0, 0.05) is 12.5 Å². The molecule has 1 aliphatic carbocycles. The van der Waals surface area contributed by atoms with Gasteiger partial charge in [-0.2, -0.15) is 0 Å². The largest absolute Gasteiger partial charge is 0.444 e. The number of amides is 2. The Morgan fingerprint density at radius 3 is 2.52 bits per heavy atom. The van der Waals surface area contributed by atoms with E-state index in [4.69, 9.17) is 4.74 Å². The zero-order valence-electron chi connectivity index (χ0n) is 13.3. The molecular weight excluding hydrogens is 272 g/mol. The predicted molar refractivity (Wildman–Crippen MR) is 77.7 cm³/mol. The molecule has 6 nitrogen and oxygen atoms in total. The number of rotatable bonds is 3. The molecular formula is C15H26N2O4. The molecule has 2 rings (SSSR count). The summed E-state index contributed by atoms with van der Waals surface area (Å²) in [6.45, 7) is 7.59. The van der Waals surface area contributed by atoms with Crippen LogP contribution in [0.1, 0.15) is 47.0 Å². The van der Waals surface area contributed by atoms with E-state index in [9.17, 15) is 14.7 Å². The lowest BCUT2D eigenvalue weighted by molar-refractivity contribution is -0.125. The molecule has 2 N–H and O–H groups in total. The maximum Gasteiger partial charge on any atom is 0.411 e. The normalized spacial score (nSPS) is 32.0. The molecule has 1 saturated carbocycles. The fourth-order valence-corrected chi connectivity index (χ4v) is 2.74. The molecule has 1 unspecified atom stereocenters. The van der Waals surface area contributed by atoms with Crippen molar-refractivity contribution in [1.29, 1.82) is 0 Å². The second kappa shape index (κ2) is 5.83. The van der Waals surface area contributed by atoms with E-state index in [0.29, 0.717) is 5.92 Å². The van der Waals surface area contributed by atoms with Gasteiger partial charge in [0.1, 0.15) is 11.6 Å². The third-order valence-electron chi connectivity index (χ3n) is 3.98. The van der Waals surface area contributed by atoms with E-state index in [-0.39, 0.29) is 24.9 Å². The summed E-state index contributed by atoms with van der Waals surface area (Å²) in [7, 11) is 0. The van der Waals surface area contributed by atoms with Gasteiger partial charge < -0.3 is 15.2 Å². The van der Waals surface area contributed by atoms with Crippen molar-refractivity contribution in [3.63, 3.8) is 0 Å². The van der Waals surface area contributed by atoms with E-state index < -0.39 is 23.8 Å². The Morgan fingerprint density at radius 1 is 1.33 bits per heavy atom. The minimum absolute atomic E-state index is 0.148. The number of nitrogens with one attached hydrogen (secondary N) is 1. The van der Waals surface area contributed by atoms with Crippen molar-refractivity contribution < 1.29 is 19.4 Å². The number of likely N-dealkylation sites (tertiary alicyclic amines) is 1. The van der Waals surface area contributed by atoms with Gasteiger partial charge in [0.05, 0.1) is 12.6 Å². The van der Waals surface area contributed by atoms with Crippen LogP contribution in [0.25, 0.3) is 0 Å². The third kappa shape index (κ3) is 4.09. The second-order valence-corrected chi connectivity index (χ2v) is 7.06. The Kier molecular flexibility index (Phi) is 4.46. The van der Waals surface area contributed by atoms with E-state index in [0.717, 1.165) is 12.8 Å². The SMILES string of the molecule is CC[C@H]1CC1NC(=O)[C@@H]1C[C@@H](O)CN1C(=O)OC(C)(C)C. The van der Waals surface area contributed by atoms with E-state index in [1.807, 2.05) is 0 Å². The Hall–Kier alpha value is -1.30. The van der Waals surface area contributed by atoms with Gasteiger partial charge in [-0.05, 0) is 33.1 Å².